The number of nitrogens with two attached hydrogens (primary N) is 1. The Morgan fingerprint density at radius 2 is 2.18 bits per heavy atom. The van der Waals surface area contributed by atoms with E-state index < -0.39 is 11.5 Å². The van der Waals surface area contributed by atoms with Gasteiger partial charge in [0, 0.05) is 13.1 Å². The van der Waals surface area contributed by atoms with Crippen LogP contribution in [-0.4, -0.2) is 54.4 Å². The van der Waals surface area contributed by atoms with E-state index in [4.69, 9.17) is 10.5 Å². The van der Waals surface area contributed by atoms with Crippen LogP contribution in [0, 0.1) is 5.92 Å². The number of ether oxygens (including phenoxy) is 1. The summed E-state index contributed by atoms with van der Waals surface area (Å²) in [6, 6.07) is 0. The predicted molar refractivity (Wildman–Crippen MR) is 65.9 cm³/mol. The number of hydrogen-bond acceptors (Lipinski definition) is 4. The summed E-state index contributed by atoms with van der Waals surface area (Å²) in [6.07, 6.45) is 2.06. The van der Waals surface area contributed by atoms with E-state index in [0.29, 0.717) is 19.7 Å². The lowest BCUT2D eigenvalue weighted by atomic mass is 9.94. The third-order valence-corrected chi connectivity index (χ3v) is 3.16. The monoisotopic (exact) mass is 244 g/mol. The van der Waals surface area contributed by atoms with Gasteiger partial charge in [0.2, 0.25) is 0 Å². The van der Waals surface area contributed by atoms with Crippen molar-refractivity contribution in [2.24, 2.45) is 11.7 Å². The Kier molecular flexibility index (Phi) is 4.91. The highest BCUT2D eigenvalue weighted by atomic mass is 16.5. The number of likely N-dealkylation sites (N-methyl/N-ethyl adjacent to an activating group) is 1. The van der Waals surface area contributed by atoms with Crippen LogP contribution in [0.5, 0.6) is 0 Å². The van der Waals surface area contributed by atoms with Gasteiger partial charge in [-0.1, -0.05) is 0 Å². The molecule has 1 atom stereocenters. The minimum Gasteiger partial charge on any atom is -0.480 e. The van der Waals surface area contributed by atoms with Crippen molar-refractivity contribution in [2.75, 3.05) is 26.7 Å². The molecule has 1 saturated carbocycles. The van der Waals surface area contributed by atoms with E-state index in [2.05, 4.69) is 0 Å². The van der Waals surface area contributed by atoms with Gasteiger partial charge in [-0.15, -0.1) is 0 Å². The molecular formula is C12H24N2O3. The lowest BCUT2D eigenvalue weighted by Crippen LogP contribution is -2.57. The first-order valence-corrected chi connectivity index (χ1v) is 6.18. The summed E-state index contributed by atoms with van der Waals surface area (Å²) in [4.78, 5) is 13.2. The van der Waals surface area contributed by atoms with Crippen molar-refractivity contribution in [3.05, 3.63) is 0 Å². The van der Waals surface area contributed by atoms with Gasteiger partial charge in [0.15, 0.2) is 0 Å². The van der Waals surface area contributed by atoms with Crippen molar-refractivity contribution < 1.29 is 14.6 Å². The molecule has 1 unspecified atom stereocenters. The molecule has 0 heterocycles. The predicted octanol–water partition coefficient (Wildman–Crippen LogP) is 0.535. The van der Waals surface area contributed by atoms with Gasteiger partial charge in [0.05, 0.1) is 12.7 Å². The van der Waals surface area contributed by atoms with E-state index in [1.807, 2.05) is 25.8 Å². The van der Waals surface area contributed by atoms with Crippen molar-refractivity contribution in [2.45, 2.75) is 38.3 Å². The van der Waals surface area contributed by atoms with Gasteiger partial charge in [-0.3, -0.25) is 4.79 Å². The molecule has 0 radical (unpaired) electrons. The fraction of sp³-hybridized carbons (Fsp3) is 0.917. The highest BCUT2D eigenvalue weighted by molar-refractivity contribution is 5.79. The molecule has 0 spiro atoms. The van der Waals surface area contributed by atoms with Crippen LogP contribution in [-0.2, 0) is 9.53 Å². The quantitative estimate of drug-likeness (QED) is 0.651. The summed E-state index contributed by atoms with van der Waals surface area (Å²) in [5, 5.41) is 9.22. The molecule has 0 bridgehead atoms. The highest BCUT2D eigenvalue weighted by Crippen LogP contribution is 2.38. The molecule has 0 aliphatic heterocycles. The third-order valence-electron chi connectivity index (χ3n) is 3.16. The number of carbonyl (C=O) groups is 1. The first-order valence-electron chi connectivity index (χ1n) is 6.18. The second-order valence-corrected chi connectivity index (χ2v) is 5.28. The summed E-state index contributed by atoms with van der Waals surface area (Å²) in [7, 11) is 1.89. The zero-order chi connectivity index (χ0) is 13.1. The minimum absolute atomic E-state index is 0.133. The van der Waals surface area contributed by atoms with E-state index >= 15 is 0 Å². The summed E-state index contributed by atoms with van der Waals surface area (Å²) < 4.78 is 5.43. The third kappa shape index (κ3) is 4.26. The van der Waals surface area contributed by atoms with Crippen molar-refractivity contribution >= 4 is 5.97 Å². The van der Waals surface area contributed by atoms with Crippen LogP contribution in [0.1, 0.15) is 26.7 Å². The van der Waals surface area contributed by atoms with Gasteiger partial charge in [-0.2, -0.15) is 0 Å². The maximum Gasteiger partial charge on any atom is 0.325 e. The van der Waals surface area contributed by atoms with Crippen LogP contribution in [0.25, 0.3) is 0 Å². The molecule has 5 nitrogen and oxygen atoms in total. The van der Waals surface area contributed by atoms with Crippen molar-refractivity contribution in [1.82, 2.24) is 4.90 Å². The molecule has 1 fully saturated rings. The molecule has 0 aromatic rings. The zero-order valence-corrected chi connectivity index (χ0v) is 11.0. The molecule has 3 N–H and O–H groups in total. The van der Waals surface area contributed by atoms with Crippen LogP contribution in [0.2, 0.25) is 0 Å². The lowest BCUT2D eigenvalue weighted by Gasteiger charge is -2.30. The van der Waals surface area contributed by atoms with E-state index in [0.717, 1.165) is 12.8 Å². The Morgan fingerprint density at radius 3 is 2.59 bits per heavy atom. The standard InChI is InChI=1S/C12H24N2O3/c1-9(2)17-7-6-14(3)8-12(13,11(15)16)10-4-5-10/h9-10H,4-8,13H2,1-3H3,(H,15,16). The number of carboxylic acids is 1. The number of rotatable bonds is 8. The van der Waals surface area contributed by atoms with Crippen LogP contribution in [0.4, 0.5) is 0 Å². The van der Waals surface area contributed by atoms with Crippen LogP contribution < -0.4 is 5.73 Å². The summed E-state index contributed by atoms with van der Waals surface area (Å²) >= 11 is 0. The van der Waals surface area contributed by atoms with Crippen LogP contribution >= 0.6 is 0 Å². The SMILES string of the molecule is CC(C)OCCN(C)CC(N)(C(=O)O)C1CC1. The van der Waals surface area contributed by atoms with Gasteiger partial charge in [0.25, 0.3) is 0 Å². The van der Waals surface area contributed by atoms with E-state index in [1.165, 1.54) is 0 Å². The Hall–Kier alpha value is -0.650. The lowest BCUT2D eigenvalue weighted by molar-refractivity contribution is -0.145. The first kappa shape index (κ1) is 14.4. The molecular weight excluding hydrogens is 220 g/mol. The normalized spacial score (nSPS) is 19.6. The molecule has 5 heteroatoms. The largest absolute Gasteiger partial charge is 0.480 e. The maximum absolute atomic E-state index is 11.2. The van der Waals surface area contributed by atoms with Crippen LogP contribution in [0.3, 0.4) is 0 Å². The Morgan fingerprint density at radius 1 is 1.59 bits per heavy atom. The number of carboxylic acid groups (broad SMARTS) is 1. The highest BCUT2D eigenvalue weighted by Gasteiger charge is 2.48. The number of hydrogen-bond donors (Lipinski definition) is 2. The fourth-order valence-electron chi connectivity index (χ4n) is 1.94. The molecule has 1 aliphatic rings. The second kappa shape index (κ2) is 5.80. The van der Waals surface area contributed by atoms with Crippen LogP contribution in [0.15, 0.2) is 0 Å². The molecule has 1 rings (SSSR count). The van der Waals surface area contributed by atoms with Gasteiger partial charge < -0.3 is 20.5 Å². The summed E-state index contributed by atoms with van der Waals surface area (Å²) in [5.74, 6) is -0.759. The molecule has 0 aromatic heterocycles. The Labute approximate surface area is 103 Å². The first-order chi connectivity index (χ1) is 7.86. The van der Waals surface area contributed by atoms with Gasteiger partial charge >= 0.3 is 5.97 Å². The molecule has 0 saturated heterocycles. The topological polar surface area (TPSA) is 75.8 Å². The van der Waals surface area contributed by atoms with E-state index in [1.54, 1.807) is 0 Å². The molecule has 17 heavy (non-hydrogen) atoms. The van der Waals surface area contributed by atoms with Crippen molar-refractivity contribution in [3.63, 3.8) is 0 Å². The average molecular weight is 244 g/mol. The van der Waals surface area contributed by atoms with Crippen molar-refractivity contribution in [1.29, 1.82) is 0 Å². The molecule has 0 aromatic carbocycles. The Balaban J connectivity index is 2.37. The van der Waals surface area contributed by atoms with Gasteiger partial charge in [-0.05, 0) is 39.7 Å². The zero-order valence-electron chi connectivity index (χ0n) is 11.0. The molecule has 0 amide bonds. The summed E-state index contributed by atoms with van der Waals surface area (Å²) in [5.41, 5.74) is 4.91. The van der Waals surface area contributed by atoms with Gasteiger partial charge in [0.1, 0.15) is 5.54 Å². The Bertz CT molecular complexity index is 266. The van der Waals surface area contributed by atoms with E-state index in [9.17, 15) is 9.90 Å². The van der Waals surface area contributed by atoms with Gasteiger partial charge in [-0.25, -0.2) is 0 Å². The maximum atomic E-state index is 11.2. The smallest absolute Gasteiger partial charge is 0.325 e. The number of nitrogens with zero attached hydrogens (tertiary/aromatic N) is 1. The van der Waals surface area contributed by atoms with Crippen molar-refractivity contribution in [3.8, 4) is 0 Å². The minimum atomic E-state index is -1.09. The number of aliphatic carboxylic acids is 1. The fourth-order valence-corrected chi connectivity index (χ4v) is 1.94. The second-order valence-electron chi connectivity index (χ2n) is 5.28. The average Bonchev–Trinajstić information content (AvgIpc) is 2.99. The molecule has 100 valence electrons. The van der Waals surface area contributed by atoms with E-state index in [-0.39, 0.29) is 12.0 Å². The molecule has 1 aliphatic carbocycles. The summed E-state index contributed by atoms with van der Waals surface area (Å²) in [6.45, 7) is 5.66.